The zero-order valence-corrected chi connectivity index (χ0v) is 9.33. The monoisotopic (exact) mass is 208 g/mol. The summed E-state index contributed by atoms with van der Waals surface area (Å²) in [5.74, 6) is 0.699. The molecule has 2 N–H and O–H groups in total. The van der Waals surface area contributed by atoms with Gasteiger partial charge in [-0.3, -0.25) is 0 Å². The van der Waals surface area contributed by atoms with Crippen molar-refractivity contribution in [2.75, 3.05) is 13.2 Å². The number of hydrogen-bond acceptors (Lipinski definition) is 2. The van der Waals surface area contributed by atoms with Crippen molar-refractivity contribution in [3.8, 4) is 0 Å². The Morgan fingerprint density at radius 2 is 2.53 bits per heavy atom. The molecule has 3 nitrogen and oxygen atoms in total. The minimum Gasteiger partial charge on any atom is -0.378 e. The molecule has 2 heterocycles. The summed E-state index contributed by atoms with van der Waals surface area (Å²) in [5.41, 5.74) is 1.25. The fourth-order valence-corrected chi connectivity index (χ4v) is 2.25. The number of nitrogens with one attached hydrogen (secondary N) is 2. The van der Waals surface area contributed by atoms with Crippen LogP contribution in [0, 0.1) is 5.92 Å². The van der Waals surface area contributed by atoms with Crippen LogP contribution in [0.2, 0.25) is 0 Å². The standard InChI is InChI=1S/C12H20N2O/c1-2-12-10(5-7-15-12)8-13-9-11-4-3-6-14-11/h3-4,6,10,12-14H,2,5,7-9H2,1H3. The fourth-order valence-electron chi connectivity index (χ4n) is 2.25. The summed E-state index contributed by atoms with van der Waals surface area (Å²) in [6, 6.07) is 4.14. The first-order valence-electron chi connectivity index (χ1n) is 5.84. The Bertz CT molecular complexity index is 271. The Labute approximate surface area is 91.2 Å². The SMILES string of the molecule is CCC1OCCC1CNCc1ccc[nH]1. The highest BCUT2D eigenvalue weighted by Gasteiger charge is 2.25. The van der Waals surface area contributed by atoms with E-state index in [0.717, 1.165) is 26.1 Å². The van der Waals surface area contributed by atoms with E-state index in [4.69, 9.17) is 4.74 Å². The molecule has 0 saturated carbocycles. The second-order valence-electron chi connectivity index (χ2n) is 4.19. The average Bonchev–Trinajstić information content (AvgIpc) is 2.88. The van der Waals surface area contributed by atoms with E-state index in [2.05, 4.69) is 23.3 Å². The van der Waals surface area contributed by atoms with E-state index in [1.807, 2.05) is 12.3 Å². The van der Waals surface area contributed by atoms with E-state index < -0.39 is 0 Å². The van der Waals surface area contributed by atoms with Gasteiger partial charge in [0.15, 0.2) is 0 Å². The zero-order chi connectivity index (χ0) is 10.5. The van der Waals surface area contributed by atoms with Gasteiger partial charge in [-0.05, 0) is 30.9 Å². The van der Waals surface area contributed by atoms with Gasteiger partial charge in [-0.25, -0.2) is 0 Å². The van der Waals surface area contributed by atoms with Crippen LogP contribution in [0.4, 0.5) is 0 Å². The van der Waals surface area contributed by atoms with Gasteiger partial charge in [0.05, 0.1) is 6.10 Å². The predicted octanol–water partition coefficient (Wildman–Crippen LogP) is 1.92. The van der Waals surface area contributed by atoms with Crippen LogP contribution < -0.4 is 5.32 Å². The Morgan fingerprint density at radius 1 is 1.60 bits per heavy atom. The van der Waals surface area contributed by atoms with E-state index in [1.54, 1.807) is 0 Å². The van der Waals surface area contributed by atoms with E-state index in [9.17, 15) is 0 Å². The molecule has 15 heavy (non-hydrogen) atoms. The molecule has 1 aliphatic heterocycles. The summed E-state index contributed by atoms with van der Waals surface area (Å²) < 4.78 is 5.65. The van der Waals surface area contributed by atoms with Crippen molar-refractivity contribution in [2.45, 2.75) is 32.4 Å². The minimum atomic E-state index is 0.473. The number of aromatic nitrogens is 1. The Balaban J connectivity index is 1.69. The molecule has 2 rings (SSSR count). The summed E-state index contributed by atoms with van der Waals surface area (Å²) >= 11 is 0. The number of ether oxygens (including phenoxy) is 1. The Kier molecular flexibility index (Phi) is 3.80. The van der Waals surface area contributed by atoms with Crippen LogP contribution in [-0.2, 0) is 11.3 Å². The fraction of sp³-hybridized carbons (Fsp3) is 0.667. The van der Waals surface area contributed by atoms with Crippen LogP contribution in [0.25, 0.3) is 0 Å². The van der Waals surface area contributed by atoms with Crippen LogP contribution in [0.15, 0.2) is 18.3 Å². The van der Waals surface area contributed by atoms with Crippen molar-refractivity contribution in [3.63, 3.8) is 0 Å². The normalized spacial score (nSPS) is 25.9. The molecule has 84 valence electrons. The molecule has 0 spiro atoms. The molecular weight excluding hydrogens is 188 g/mol. The van der Waals surface area contributed by atoms with Crippen LogP contribution in [0.5, 0.6) is 0 Å². The van der Waals surface area contributed by atoms with Gasteiger partial charge in [0.1, 0.15) is 0 Å². The molecule has 2 unspecified atom stereocenters. The number of hydrogen-bond donors (Lipinski definition) is 2. The molecule has 0 amide bonds. The molecule has 0 aromatic carbocycles. The van der Waals surface area contributed by atoms with Gasteiger partial charge in [-0.1, -0.05) is 6.92 Å². The Morgan fingerprint density at radius 3 is 3.27 bits per heavy atom. The molecule has 1 aromatic rings. The van der Waals surface area contributed by atoms with Crippen molar-refractivity contribution in [2.24, 2.45) is 5.92 Å². The lowest BCUT2D eigenvalue weighted by Gasteiger charge is -2.16. The largest absolute Gasteiger partial charge is 0.378 e. The third-order valence-electron chi connectivity index (χ3n) is 3.13. The molecule has 1 fully saturated rings. The molecule has 1 saturated heterocycles. The third-order valence-corrected chi connectivity index (χ3v) is 3.13. The molecule has 0 radical (unpaired) electrons. The second-order valence-corrected chi connectivity index (χ2v) is 4.19. The van der Waals surface area contributed by atoms with Crippen molar-refractivity contribution >= 4 is 0 Å². The second kappa shape index (κ2) is 5.33. The highest BCUT2D eigenvalue weighted by Crippen LogP contribution is 2.22. The Hall–Kier alpha value is -0.800. The van der Waals surface area contributed by atoms with Crippen molar-refractivity contribution in [1.29, 1.82) is 0 Å². The molecule has 1 aliphatic rings. The quantitative estimate of drug-likeness (QED) is 0.775. The molecule has 1 aromatic heterocycles. The molecular formula is C12H20N2O. The molecule has 0 bridgehead atoms. The lowest BCUT2D eigenvalue weighted by molar-refractivity contribution is 0.0872. The molecule has 0 aliphatic carbocycles. The van der Waals surface area contributed by atoms with E-state index in [0.29, 0.717) is 12.0 Å². The maximum Gasteiger partial charge on any atom is 0.0613 e. The summed E-state index contributed by atoms with van der Waals surface area (Å²) in [4.78, 5) is 3.19. The lowest BCUT2D eigenvalue weighted by Crippen LogP contribution is -2.28. The van der Waals surface area contributed by atoms with Gasteiger partial charge in [-0.15, -0.1) is 0 Å². The van der Waals surface area contributed by atoms with Gasteiger partial charge in [-0.2, -0.15) is 0 Å². The smallest absolute Gasteiger partial charge is 0.0613 e. The summed E-state index contributed by atoms with van der Waals surface area (Å²) in [6.45, 7) is 5.14. The van der Waals surface area contributed by atoms with Crippen LogP contribution in [0.1, 0.15) is 25.5 Å². The van der Waals surface area contributed by atoms with E-state index in [-0.39, 0.29) is 0 Å². The minimum absolute atomic E-state index is 0.473. The summed E-state index contributed by atoms with van der Waals surface area (Å²) in [6.07, 6.45) is 4.77. The first kappa shape index (κ1) is 10.7. The maximum atomic E-state index is 5.65. The van der Waals surface area contributed by atoms with Crippen LogP contribution in [0.3, 0.4) is 0 Å². The summed E-state index contributed by atoms with van der Waals surface area (Å²) in [7, 11) is 0. The van der Waals surface area contributed by atoms with E-state index in [1.165, 1.54) is 12.1 Å². The summed E-state index contributed by atoms with van der Waals surface area (Å²) in [5, 5.41) is 3.48. The van der Waals surface area contributed by atoms with Gasteiger partial charge in [0.25, 0.3) is 0 Å². The van der Waals surface area contributed by atoms with Gasteiger partial charge in [0.2, 0.25) is 0 Å². The average molecular weight is 208 g/mol. The predicted molar refractivity (Wildman–Crippen MR) is 60.6 cm³/mol. The number of aromatic amines is 1. The third kappa shape index (κ3) is 2.83. The first-order valence-corrected chi connectivity index (χ1v) is 5.84. The van der Waals surface area contributed by atoms with Crippen LogP contribution >= 0.6 is 0 Å². The lowest BCUT2D eigenvalue weighted by atomic mass is 10.00. The molecule has 3 heteroatoms. The van der Waals surface area contributed by atoms with Crippen molar-refractivity contribution in [1.82, 2.24) is 10.3 Å². The van der Waals surface area contributed by atoms with Gasteiger partial charge < -0.3 is 15.0 Å². The van der Waals surface area contributed by atoms with Crippen molar-refractivity contribution < 1.29 is 4.74 Å². The highest BCUT2D eigenvalue weighted by atomic mass is 16.5. The topological polar surface area (TPSA) is 37.0 Å². The van der Waals surface area contributed by atoms with Crippen molar-refractivity contribution in [3.05, 3.63) is 24.0 Å². The zero-order valence-electron chi connectivity index (χ0n) is 9.33. The number of rotatable bonds is 5. The number of H-pyrrole nitrogens is 1. The van der Waals surface area contributed by atoms with Gasteiger partial charge in [0, 0.05) is 31.6 Å². The highest BCUT2D eigenvalue weighted by molar-refractivity contribution is 5.02. The first-order chi connectivity index (χ1) is 7.40. The van der Waals surface area contributed by atoms with Gasteiger partial charge >= 0.3 is 0 Å². The van der Waals surface area contributed by atoms with E-state index >= 15 is 0 Å². The molecule has 2 atom stereocenters. The van der Waals surface area contributed by atoms with Crippen LogP contribution in [-0.4, -0.2) is 24.2 Å². The maximum absolute atomic E-state index is 5.65.